The first kappa shape index (κ1) is 23.4. The summed E-state index contributed by atoms with van der Waals surface area (Å²) in [6, 6.07) is 7.31. The zero-order chi connectivity index (χ0) is 24.2. The van der Waals surface area contributed by atoms with Gasteiger partial charge in [-0.2, -0.15) is 0 Å². The van der Waals surface area contributed by atoms with Crippen LogP contribution >= 0.6 is 0 Å². The number of ether oxygens (including phenoxy) is 2. The van der Waals surface area contributed by atoms with Crippen LogP contribution in [-0.4, -0.2) is 85.8 Å². The number of carbonyl (C=O) groups is 2. The zero-order valence-electron chi connectivity index (χ0n) is 21.2. The van der Waals surface area contributed by atoms with Gasteiger partial charge in [0.25, 0.3) is 0 Å². The van der Waals surface area contributed by atoms with Gasteiger partial charge in [-0.1, -0.05) is 12.1 Å². The van der Waals surface area contributed by atoms with Crippen molar-refractivity contribution in [1.29, 1.82) is 0 Å². The minimum atomic E-state index is -0.392. The number of carbonyl (C=O) groups excluding carboxylic acids is 2. The molecule has 0 N–H and O–H groups in total. The van der Waals surface area contributed by atoms with E-state index in [1.165, 1.54) is 11.1 Å². The molecule has 4 unspecified atom stereocenters. The summed E-state index contributed by atoms with van der Waals surface area (Å²) in [5.41, 5.74) is 3.19. The maximum atomic E-state index is 14.0. The zero-order valence-corrected chi connectivity index (χ0v) is 21.2. The van der Waals surface area contributed by atoms with Crippen LogP contribution in [-0.2, 0) is 24.5 Å². The summed E-state index contributed by atoms with van der Waals surface area (Å²) >= 11 is 0. The molecule has 0 saturated carbocycles. The molecule has 5 heterocycles. The van der Waals surface area contributed by atoms with Crippen molar-refractivity contribution in [3.05, 3.63) is 29.3 Å². The van der Waals surface area contributed by atoms with E-state index in [4.69, 9.17) is 9.47 Å². The summed E-state index contributed by atoms with van der Waals surface area (Å²) in [7, 11) is 0. The van der Waals surface area contributed by atoms with Crippen LogP contribution in [0.5, 0.6) is 0 Å². The second-order valence-corrected chi connectivity index (χ2v) is 11.3. The van der Waals surface area contributed by atoms with E-state index in [0.717, 1.165) is 70.4 Å². The van der Waals surface area contributed by atoms with E-state index in [1.807, 2.05) is 6.92 Å². The van der Waals surface area contributed by atoms with Gasteiger partial charge >= 0.3 is 5.97 Å². The molecule has 1 spiro atoms. The normalized spacial score (nSPS) is 32.7. The molecule has 1 aromatic rings. The molecule has 5 aliphatic rings. The topological polar surface area (TPSA) is 62.3 Å². The lowest BCUT2D eigenvalue weighted by molar-refractivity contribution is -0.151. The first-order valence-electron chi connectivity index (χ1n) is 13.7. The van der Waals surface area contributed by atoms with Crippen molar-refractivity contribution in [3.63, 3.8) is 0 Å². The lowest BCUT2D eigenvalue weighted by atomic mass is 9.75. The number of likely N-dealkylation sites (tertiary alicyclic amines) is 1. The molecule has 2 bridgehead atoms. The molecule has 0 radical (unpaired) electrons. The Morgan fingerprint density at radius 2 is 1.83 bits per heavy atom. The van der Waals surface area contributed by atoms with Gasteiger partial charge in [-0.3, -0.25) is 19.4 Å². The smallest absolute Gasteiger partial charge is 0.323 e. The minimum absolute atomic E-state index is 0.0318. The Balaban J connectivity index is 1.15. The number of fused-ring (bicyclic) bond motifs is 4. The number of aryl methyl sites for hydroxylation is 1. The number of benzene rings is 1. The summed E-state index contributed by atoms with van der Waals surface area (Å²) < 4.78 is 11.0. The van der Waals surface area contributed by atoms with Gasteiger partial charge in [-0.15, -0.1) is 0 Å². The average Bonchev–Trinajstić information content (AvgIpc) is 3.26. The van der Waals surface area contributed by atoms with Crippen LogP contribution < -0.4 is 4.90 Å². The molecule has 0 aromatic heterocycles. The van der Waals surface area contributed by atoms with Crippen LogP contribution in [0.1, 0.15) is 56.6 Å². The molecule has 4 fully saturated rings. The monoisotopic (exact) mass is 481 g/mol. The first-order chi connectivity index (χ1) is 17.0. The van der Waals surface area contributed by atoms with E-state index >= 15 is 0 Å². The largest absolute Gasteiger partial charge is 0.465 e. The molecular formula is C28H39N3O4. The Kier molecular flexibility index (Phi) is 6.14. The molecule has 1 aromatic carbocycles. The van der Waals surface area contributed by atoms with Gasteiger partial charge in [0.1, 0.15) is 6.04 Å². The van der Waals surface area contributed by atoms with Crippen molar-refractivity contribution < 1.29 is 19.1 Å². The number of anilines is 1. The summed E-state index contributed by atoms with van der Waals surface area (Å²) in [6.07, 6.45) is 5.78. The summed E-state index contributed by atoms with van der Waals surface area (Å²) in [6.45, 7) is 9.79. The minimum Gasteiger partial charge on any atom is -0.465 e. The van der Waals surface area contributed by atoms with Gasteiger partial charge in [0.05, 0.1) is 12.0 Å². The van der Waals surface area contributed by atoms with E-state index in [9.17, 15) is 9.59 Å². The number of esters is 1. The lowest BCUT2D eigenvalue weighted by Crippen LogP contribution is -2.57. The van der Waals surface area contributed by atoms with Crippen LogP contribution in [0.2, 0.25) is 0 Å². The summed E-state index contributed by atoms with van der Waals surface area (Å²) in [4.78, 5) is 33.6. The first-order valence-corrected chi connectivity index (χ1v) is 13.7. The van der Waals surface area contributed by atoms with Crippen molar-refractivity contribution >= 4 is 17.6 Å². The molecule has 1 amide bonds. The predicted molar refractivity (Wildman–Crippen MR) is 133 cm³/mol. The van der Waals surface area contributed by atoms with Gasteiger partial charge in [0.15, 0.2) is 0 Å². The molecule has 35 heavy (non-hydrogen) atoms. The molecule has 0 aliphatic carbocycles. The third-order valence-corrected chi connectivity index (χ3v) is 9.46. The number of hydrogen-bond acceptors (Lipinski definition) is 6. The third-order valence-electron chi connectivity index (χ3n) is 9.46. The van der Waals surface area contributed by atoms with E-state index in [0.29, 0.717) is 37.7 Å². The summed E-state index contributed by atoms with van der Waals surface area (Å²) in [5.74, 6) is 0.684. The van der Waals surface area contributed by atoms with Crippen molar-refractivity contribution in [1.82, 2.24) is 9.80 Å². The lowest BCUT2D eigenvalue weighted by Gasteiger charge is -2.45. The highest BCUT2D eigenvalue weighted by molar-refractivity contribution is 6.08. The summed E-state index contributed by atoms with van der Waals surface area (Å²) in [5, 5.41) is 0. The number of rotatable bonds is 4. The van der Waals surface area contributed by atoms with E-state index in [2.05, 4.69) is 39.8 Å². The van der Waals surface area contributed by atoms with Gasteiger partial charge in [-0.05, 0) is 82.0 Å². The molecular weight excluding hydrogens is 442 g/mol. The van der Waals surface area contributed by atoms with Gasteiger partial charge < -0.3 is 14.4 Å². The van der Waals surface area contributed by atoms with Crippen molar-refractivity contribution in [2.45, 2.75) is 75.9 Å². The van der Waals surface area contributed by atoms with Crippen LogP contribution in [0.3, 0.4) is 0 Å². The second kappa shape index (κ2) is 9.16. The second-order valence-electron chi connectivity index (χ2n) is 11.3. The Bertz CT molecular complexity index is 968. The highest BCUT2D eigenvalue weighted by atomic mass is 16.5. The van der Waals surface area contributed by atoms with E-state index < -0.39 is 5.41 Å². The standard InChI is InChI=1S/C28H39N3O4/c1-3-35-26(32)25-20-6-11-30(25)18-22(17-20)29-12-7-21(8-13-29)31-24-16-19(2)4-5-23(24)28(27(31)33)9-14-34-15-10-28/h4-5,16,20-22,25H,3,6-15,17-18H2,1-2H3. The maximum absolute atomic E-state index is 14.0. The highest BCUT2D eigenvalue weighted by Gasteiger charge is 2.53. The average molecular weight is 482 g/mol. The van der Waals surface area contributed by atoms with Crippen LogP contribution in [0.15, 0.2) is 18.2 Å². The highest BCUT2D eigenvalue weighted by Crippen LogP contribution is 2.49. The molecule has 6 rings (SSSR count). The van der Waals surface area contributed by atoms with Crippen molar-refractivity contribution in [2.24, 2.45) is 5.92 Å². The Labute approximate surface area is 208 Å². The number of hydrogen-bond donors (Lipinski definition) is 0. The molecule has 4 atom stereocenters. The maximum Gasteiger partial charge on any atom is 0.323 e. The molecule has 7 heteroatoms. The predicted octanol–water partition coefficient (Wildman–Crippen LogP) is 2.88. The van der Waals surface area contributed by atoms with Gasteiger partial charge in [0, 0.05) is 50.6 Å². The van der Waals surface area contributed by atoms with Crippen LogP contribution in [0, 0.1) is 12.8 Å². The number of amides is 1. The quantitative estimate of drug-likeness (QED) is 0.617. The molecule has 190 valence electrons. The molecule has 5 aliphatic heterocycles. The number of nitrogens with zero attached hydrogens (tertiary/aromatic N) is 3. The third kappa shape index (κ3) is 3.82. The number of piperidine rings is 2. The van der Waals surface area contributed by atoms with Crippen LogP contribution in [0.25, 0.3) is 0 Å². The fourth-order valence-electron chi connectivity index (χ4n) is 7.68. The SMILES string of the molecule is CCOC(=O)C1C2CCN1CC(N1CCC(N3C(=O)C4(CCOCC4)c4ccc(C)cc43)CC1)C2. The van der Waals surface area contributed by atoms with Crippen molar-refractivity contribution in [3.8, 4) is 0 Å². The van der Waals surface area contributed by atoms with E-state index in [1.54, 1.807) is 0 Å². The Hall–Kier alpha value is -1.96. The molecule has 4 saturated heterocycles. The van der Waals surface area contributed by atoms with Crippen molar-refractivity contribution in [2.75, 3.05) is 50.9 Å². The fourth-order valence-corrected chi connectivity index (χ4v) is 7.68. The Morgan fingerprint density at radius 1 is 1.09 bits per heavy atom. The van der Waals surface area contributed by atoms with Crippen LogP contribution in [0.4, 0.5) is 5.69 Å². The van der Waals surface area contributed by atoms with E-state index in [-0.39, 0.29) is 18.1 Å². The van der Waals surface area contributed by atoms with Gasteiger partial charge in [0.2, 0.25) is 5.91 Å². The Morgan fingerprint density at radius 3 is 2.54 bits per heavy atom. The van der Waals surface area contributed by atoms with Gasteiger partial charge in [-0.25, -0.2) is 0 Å². The molecule has 7 nitrogen and oxygen atoms in total. The fraction of sp³-hybridized carbons (Fsp3) is 0.714.